The van der Waals surface area contributed by atoms with E-state index in [1.807, 2.05) is 19.9 Å². The maximum Gasteiger partial charge on any atom is 0.252 e. The minimum atomic E-state index is -3.83. The number of nitrogens with one attached hydrogen (secondary N) is 3. The van der Waals surface area contributed by atoms with Crippen LogP contribution in [0.2, 0.25) is 0 Å². The van der Waals surface area contributed by atoms with Crippen LogP contribution in [0.4, 0.5) is 11.8 Å². The minimum Gasteiger partial charge on any atom is -0.496 e. The van der Waals surface area contributed by atoms with Crippen LogP contribution in [0.1, 0.15) is 23.0 Å². The van der Waals surface area contributed by atoms with Gasteiger partial charge in [-0.05, 0) is 32.0 Å². The lowest BCUT2D eigenvalue weighted by molar-refractivity contribution is 0.0997. The number of methoxy groups -OCH3 is 1. The van der Waals surface area contributed by atoms with E-state index in [0.717, 1.165) is 12.2 Å². The standard InChI is InChI=1S/C17H24N6O4S/c1-4-19-15-9-11(2)22-17(23-15)20-7-8-21-28(25,26)12-5-6-14(27-3)13(10-12)16(18)24/h5-6,9-10,21H,4,7-8H2,1-3H3,(H2,18,24)(H2,19,20,22,23). The van der Waals surface area contributed by atoms with Gasteiger partial charge >= 0.3 is 0 Å². The van der Waals surface area contributed by atoms with Gasteiger partial charge in [-0.1, -0.05) is 0 Å². The lowest BCUT2D eigenvalue weighted by Crippen LogP contribution is -2.29. The van der Waals surface area contributed by atoms with Gasteiger partial charge in [-0.2, -0.15) is 4.98 Å². The molecular weight excluding hydrogens is 384 g/mol. The van der Waals surface area contributed by atoms with E-state index in [1.165, 1.54) is 25.3 Å². The molecule has 0 spiro atoms. The fourth-order valence-electron chi connectivity index (χ4n) is 2.41. The Morgan fingerprint density at radius 1 is 1.18 bits per heavy atom. The van der Waals surface area contributed by atoms with Crippen molar-refractivity contribution in [2.75, 3.05) is 37.4 Å². The Kier molecular flexibility index (Phi) is 7.12. The van der Waals surface area contributed by atoms with Crippen LogP contribution in [0.25, 0.3) is 0 Å². The van der Waals surface area contributed by atoms with Gasteiger partial charge in [-0.3, -0.25) is 4.79 Å². The van der Waals surface area contributed by atoms with Crippen LogP contribution < -0.4 is 25.8 Å². The maximum absolute atomic E-state index is 12.4. The number of rotatable bonds is 10. The summed E-state index contributed by atoms with van der Waals surface area (Å²) in [4.78, 5) is 19.9. The van der Waals surface area contributed by atoms with Crippen molar-refractivity contribution in [1.29, 1.82) is 0 Å². The molecule has 2 aromatic rings. The number of aryl methyl sites for hydroxylation is 1. The molecule has 0 saturated carbocycles. The first kappa shape index (κ1) is 21.4. The van der Waals surface area contributed by atoms with Crippen molar-refractivity contribution in [2.45, 2.75) is 18.7 Å². The Bertz CT molecular complexity index is 949. The molecule has 10 nitrogen and oxygen atoms in total. The highest BCUT2D eigenvalue weighted by Crippen LogP contribution is 2.21. The average Bonchev–Trinajstić information content (AvgIpc) is 2.64. The summed E-state index contributed by atoms with van der Waals surface area (Å²) in [5.74, 6) is 0.524. The molecule has 1 heterocycles. The highest BCUT2D eigenvalue weighted by Gasteiger charge is 2.18. The van der Waals surface area contributed by atoms with Gasteiger partial charge in [0.25, 0.3) is 5.91 Å². The number of primary amides is 1. The van der Waals surface area contributed by atoms with Crippen molar-refractivity contribution < 1.29 is 17.9 Å². The number of ether oxygens (including phenoxy) is 1. The number of amides is 1. The lowest BCUT2D eigenvalue weighted by Gasteiger charge is -2.11. The van der Waals surface area contributed by atoms with Gasteiger partial charge in [0.05, 0.1) is 17.6 Å². The second-order valence-electron chi connectivity index (χ2n) is 5.80. The van der Waals surface area contributed by atoms with Crippen molar-refractivity contribution in [3.05, 3.63) is 35.5 Å². The first-order chi connectivity index (χ1) is 13.3. The highest BCUT2D eigenvalue weighted by atomic mass is 32.2. The summed E-state index contributed by atoms with van der Waals surface area (Å²) in [6.45, 7) is 4.89. The van der Waals surface area contributed by atoms with Crippen LogP contribution in [-0.4, -0.2) is 51.0 Å². The Morgan fingerprint density at radius 3 is 2.57 bits per heavy atom. The summed E-state index contributed by atoms with van der Waals surface area (Å²) in [5.41, 5.74) is 6.05. The van der Waals surface area contributed by atoms with E-state index >= 15 is 0 Å². The van der Waals surface area contributed by atoms with Crippen LogP contribution in [0.5, 0.6) is 5.75 Å². The van der Waals surface area contributed by atoms with Crippen molar-refractivity contribution in [3.8, 4) is 5.75 Å². The molecule has 0 aliphatic rings. The first-order valence-corrected chi connectivity index (χ1v) is 10.1. The first-order valence-electron chi connectivity index (χ1n) is 8.57. The normalized spacial score (nSPS) is 11.1. The molecule has 1 aromatic heterocycles. The number of sulfonamides is 1. The van der Waals surface area contributed by atoms with E-state index in [9.17, 15) is 13.2 Å². The van der Waals surface area contributed by atoms with E-state index in [2.05, 4.69) is 25.3 Å². The number of carbonyl (C=O) groups excluding carboxylic acids is 1. The molecule has 0 aliphatic carbocycles. The number of nitrogens with two attached hydrogens (primary N) is 1. The second-order valence-corrected chi connectivity index (χ2v) is 7.57. The topological polar surface area (TPSA) is 148 Å². The molecule has 0 atom stereocenters. The summed E-state index contributed by atoms with van der Waals surface area (Å²) < 4.78 is 32.3. The van der Waals surface area contributed by atoms with Crippen LogP contribution >= 0.6 is 0 Å². The molecular formula is C17H24N6O4S. The monoisotopic (exact) mass is 408 g/mol. The summed E-state index contributed by atoms with van der Waals surface area (Å²) >= 11 is 0. The smallest absolute Gasteiger partial charge is 0.252 e. The SMILES string of the molecule is CCNc1cc(C)nc(NCCNS(=O)(=O)c2ccc(OC)c(C(N)=O)c2)n1. The van der Waals surface area contributed by atoms with Crippen LogP contribution in [0.15, 0.2) is 29.2 Å². The molecule has 28 heavy (non-hydrogen) atoms. The van der Waals surface area contributed by atoms with Gasteiger partial charge in [0.1, 0.15) is 11.6 Å². The fourth-order valence-corrected chi connectivity index (χ4v) is 3.47. The molecule has 11 heteroatoms. The van der Waals surface area contributed by atoms with E-state index in [1.54, 1.807) is 0 Å². The Morgan fingerprint density at radius 2 is 1.93 bits per heavy atom. The molecule has 152 valence electrons. The number of hydrogen-bond donors (Lipinski definition) is 4. The molecule has 2 rings (SSSR count). The minimum absolute atomic E-state index is 0.00684. The lowest BCUT2D eigenvalue weighted by atomic mass is 10.2. The zero-order chi connectivity index (χ0) is 20.7. The fraction of sp³-hybridized carbons (Fsp3) is 0.353. The number of nitrogens with zero attached hydrogens (tertiary/aromatic N) is 2. The molecule has 0 fully saturated rings. The Balaban J connectivity index is 2.01. The maximum atomic E-state index is 12.4. The number of hydrogen-bond acceptors (Lipinski definition) is 8. The van der Waals surface area contributed by atoms with E-state index in [-0.39, 0.29) is 29.3 Å². The van der Waals surface area contributed by atoms with Gasteiger partial charge in [0.15, 0.2) is 0 Å². The third kappa shape index (κ3) is 5.54. The van der Waals surface area contributed by atoms with E-state index in [4.69, 9.17) is 10.5 Å². The molecule has 0 saturated heterocycles. The number of aromatic nitrogens is 2. The van der Waals surface area contributed by atoms with Gasteiger partial charge in [0.2, 0.25) is 16.0 Å². The second kappa shape index (κ2) is 9.33. The van der Waals surface area contributed by atoms with Crippen LogP contribution in [-0.2, 0) is 10.0 Å². The van der Waals surface area contributed by atoms with Crippen LogP contribution in [0, 0.1) is 6.92 Å². The van der Waals surface area contributed by atoms with E-state index in [0.29, 0.717) is 11.8 Å². The van der Waals surface area contributed by atoms with Gasteiger partial charge < -0.3 is 21.1 Å². The Hall–Kier alpha value is -2.92. The summed E-state index contributed by atoms with van der Waals surface area (Å²) in [6.07, 6.45) is 0. The zero-order valence-electron chi connectivity index (χ0n) is 15.9. The molecule has 1 amide bonds. The van der Waals surface area contributed by atoms with Gasteiger partial charge in [-0.25, -0.2) is 18.1 Å². The molecule has 5 N–H and O–H groups in total. The third-order valence-electron chi connectivity index (χ3n) is 3.66. The summed E-state index contributed by atoms with van der Waals surface area (Å²) in [7, 11) is -2.46. The van der Waals surface area contributed by atoms with Gasteiger partial charge in [-0.15, -0.1) is 0 Å². The number of carbonyl (C=O) groups is 1. The van der Waals surface area contributed by atoms with Crippen molar-refractivity contribution in [3.63, 3.8) is 0 Å². The molecule has 0 bridgehead atoms. The predicted octanol–water partition coefficient (Wildman–Crippen LogP) is 0.715. The van der Waals surface area contributed by atoms with Crippen molar-refractivity contribution in [1.82, 2.24) is 14.7 Å². The van der Waals surface area contributed by atoms with Gasteiger partial charge in [0, 0.05) is 31.4 Å². The third-order valence-corrected chi connectivity index (χ3v) is 5.12. The molecule has 0 unspecified atom stereocenters. The molecule has 0 radical (unpaired) electrons. The zero-order valence-corrected chi connectivity index (χ0v) is 16.8. The number of anilines is 2. The predicted molar refractivity (Wildman–Crippen MR) is 106 cm³/mol. The van der Waals surface area contributed by atoms with Crippen molar-refractivity contribution in [2.24, 2.45) is 5.73 Å². The highest BCUT2D eigenvalue weighted by molar-refractivity contribution is 7.89. The van der Waals surface area contributed by atoms with Crippen LogP contribution in [0.3, 0.4) is 0 Å². The molecule has 1 aromatic carbocycles. The van der Waals surface area contributed by atoms with E-state index < -0.39 is 15.9 Å². The summed E-state index contributed by atoms with van der Waals surface area (Å²) in [5, 5.41) is 6.07. The quantitative estimate of drug-likeness (QED) is 0.420. The van der Waals surface area contributed by atoms with Crippen molar-refractivity contribution >= 4 is 27.7 Å². The molecule has 0 aliphatic heterocycles. The average molecular weight is 408 g/mol. The largest absolute Gasteiger partial charge is 0.496 e. The number of benzene rings is 1. The Labute approximate surface area is 164 Å². The summed E-state index contributed by atoms with van der Waals surface area (Å²) in [6, 6.07) is 5.73.